The van der Waals surface area contributed by atoms with Crippen LogP contribution in [0.3, 0.4) is 0 Å². The predicted molar refractivity (Wildman–Crippen MR) is 38.7 cm³/mol. The van der Waals surface area contributed by atoms with Gasteiger partial charge in [-0.25, -0.2) is 0 Å². The van der Waals surface area contributed by atoms with Crippen LogP contribution in [0.15, 0.2) is 11.3 Å². The van der Waals surface area contributed by atoms with Crippen molar-refractivity contribution in [3.05, 3.63) is 11.3 Å². The highest BCUT2D eigenvalue weighted by molar-refractivity contribution is 5.01. The van der Waals surface area contributed by atoms with E-state index in [1.54, 1.807) is 13.8 Å². The lowest BCUT2D eigenvalue weighted by Crippen LogP contribution is -2.12. The van der Waals surface area contributed by atoms with Gasteiger partial charge in [-0.05, 0) is 19.4 Å². The topological polar surface area (TPSA) is 60.7 Å². The van der Waals surface area contributed by atoms with E-state index in [4.69, 9.17) is 15.3 Å². The van der Waals surface area contributed by atoms with Crippen LogP contribution in [0.25, 0.3) is 0 Å². The first-order valence-corrected chi connectivity index (χ1v) is 3.22. The fourth-order valence-electron chi connectivity index (χ4n) is 0.492. The van der Waals surface area contributed by atoms with E-state index < -0.39 is 6.10 Å². The summed E-state index contributed by atoms with van der Waals surface area (Å²) in [5.41, 5.74) is 0.771. The molecule has 0 spiro atoms. The smallest absolute Gasteiger partial charge is 0.0935 e. The van der Waals surface area contributed by atoms with Gasteiger partial charge in [0.25, 0.3) is 0 Å². The van der Waals surface area contributed by atoms with E-state index in [2.05, 4.69) is 0 Å². The number of hydrogen-bond acceptors (Lipinski definition) is 3. The van der Waals surface area contributed by atoms with Gasteiger partial charge in [-0.3, -0.25) is 0 Å². The van der Waals surface area contributed by atoms with Crippen LogP contribution < -0.4 is 0 Å². The largest absolute Gasteiger partial charge is 0.512 e. The second-order valence-corrected chi connectivity index (χ2v) is 2.49. The van der Waals surface area contributed by atoms with Crippen molar-refractivity contribution in [1.82, 2.24) is 0 Å². The Morgan fingerprint density at radius 3 is 2.20 bits per heavy atom. The molecular formula is C7H14O3. The molecule has 0 unspecified atom stereocenters. The average molecular weight is 146 g/mol. The van der Waals surface area contributed by atoms with Crippen molar-refractivity contribution < 1.29 is 15.3 Å². The molecule has 0 bridgehead atoms. The van der Waals surface area contributed by atoms with E-state index in [-0.39, 0.29) is 18.8 Å². The van der Waals surface area contributed by atoms with Gasteiger partial charge >= 0.3 is 0 Å². The molecule has 0 saturated heterocycles. The van der Waals surface area contributed by atoms with E-state index in [0.717, 1.165) is 5.57 Å². The molecule has 0 aromatic rings. The third-order valence-electron chi connectivity index (χ3n) is 1.22. The third-order valence-corrected chi connectivity index (χ3v) is 1.22. The van der Waals surface area contributed by atoms with Crippen molar-refractivity contribution in [2.24, 2.45) is 0 Å². The summed E-state index contributed by atoms with van der Waals surface area (Å²) < 4.78 is 0. The highest BCUT2D eigenvalue weighted by Crippen LogP contribution is 2.06. The predicted octanol–water partition coefficient (Wildman–Crippen LogP) is 0.582. The molecule has 0 aromatic carbocycles. The van der Waals surface area contributed by atoms with Crippen LogP contribution in [0.1, 0.15) is 20.3 Å². The Morgan fingerprint density at radius 1 is 1.40 bits per heavy atom. The molecule has 0 aliphatic heterocycles. The Bertz CT molecular complexity index is 125. The zero-order chi connectivity index (χ0) is 8.15. The molecule has 0 aliphatic rings. The minimum absolute atomic E-state index is 0.138. The van der Waals surface area contributed by atoms with Gasteiger partial charge in [0.1, 0.15) is 0 Å². The number of rotatable bonds is 3. The standard InChI is InChI=1S/C7H14O3/c1-5(2)7(10)3-6(9)4-8/h6,8-10H,3-4H2,1-2H3/t6-/m1/s1. The summed E-state index contributed by atoms with van der Waals surface area (Å²) in [5.74, 6) is 0.154. The molecular weight excluding hydrogens is 132 g/mol. The molecule has 60 valence electrons. The van der Waals surface area contributed by atoms with Crippen molar-refractivity contribution in [2.75, 3.05) is 6.61 Å². The van der Waals surface area contributed by atoms with Crippen LogP contribution >= 0.6 is 0 Å². The molecule has 0 aromatic heterocycles. The summed E-state index contributed by atoms with van der Waals surface area (Å²) >= 11 is 0. The molecule has 0 aliphatic carbocycles. The van der Waals surface area contributed by atoms with Crippen molar-refractivity contribution in [1.29, 1.82) is 0 Å². The van der Waals surface area contributed by atoms with E-state index in [0.29, 0.717) is 0 Å². The van der Waals surface area contributed by atoms with Gasteiger partial charge in [-0.1, -0.05) is 0 Å². The summed E-state index contributed by atoms with van der Waals surface area (Å²) in [6.45, 7) is 3.19. The fourth-order valence-corrected chi connectivity index (χ4v) is 0.492. The van der Waals surface area contributed by atoms with Crippen molar-refractivity contribution in [3.63, 3.8) is 0 Å². The Morgan fingerprint density at radius 2 is 1.90 bits per heavy atom. The first kappa shape index (κ1) is 9.46. The molecule has 10 heavy (non-hydrogen) atoms. The highest BCUT2D eigenvalue weighted by atomic mass is 16.3. The van der Waals surface area contributed by atoms with Gasteiger partial charge < -0.3 is 15.3 Å². The van der Waals surface area contributed by atoms with Crippen LogP contribution in [0, 0.1) is 0 Å². The molecule has 0 fully saturated rings. The lowest BCUT2D eigenvalue weighted by molar-refractivity contribution is 0.0859. The van der Waals surface area contributed by atoms with Crippen LogP contribution in [0.2, 0.25) is 0 Å². The maximum Gasteiger partial charge on any atom is 0.0935 e. The minimum Gasteiger partial charge on any atom is -0.512 e. The number of hydrogen-bond donors (Lipinski definition) is 3. The van der Waals surface area contributed by atoms with Crippen molar-refractivity contribution in [2.45, 2.75) is 26.4 Å². The van der Waals surface area contributed by atoms with Crippen LogP contribution in [0.4, 0.5) is 0 Å². The molecule has 3 N–H and O–H groups in total. The third kappa shape index (κ3) is 3.48. The second kappa shape index (κ2) is 4.30. The summed E-state index contributed by atoms with van der Waals surface area (Å²) in [7, 11) is 0. The van der Waals surface area contributed by atoms with Crippen molar-refractivity contribution >= 4 is 0 Å². The van der Waals surface area contributed by atoms with Gasteiger partial charge in [0.2, 0.25) is 0 Å². The normalized spacial score (nSPS) is 12.8. The minimum atomic E-state index is -0.838. The zero-order valence-electron chi connectivity index (χ0n) is 6.33. The van der Waals surface area contributed by atoms with E-state index in [1.807, 2.05) is 0 Å². The van der Waals surface area contributed by atoms with Gasteiger partial charge in [-0.15, -0.1) is 0 Å². The molecule has 0 saturated carbocycles. The number of aliphatic hydroxyl groups is 3. The Kier molecular flexibility index (Phi) is 4.07. The molecule has 3 nitrogen and oxygen atoms in total. The summed E-state index contributed by atoms with van der Waals surface area (Å²) in [6.07, 6.45) is -0.700. The number of aliphatic hydroxyl groups excluding tert-OH is 3. The van der Waals surface area contributed by atoms with Gasteiger partial charge in [0.15, 0.2) is 0 Å². The van der Waals surface area contributed by atoms with Crippen LogP contribution in [-0.4, -0.2) is 28.0 Å². The van der Waals surface area contributed by atoms with Crippen LogP contribution in [0.5, 0.6) is 0 Å². The zero-order valence-corrected chi connectivity index (χ0v) is 6.33. The Labute approximate surface area is 60.6 Å². The molecule has 0 heterocycles. The Balaban J connectivity index is 3.79. The molecule has 0 amide bonds. The Hall–Kier alpha value is -0.540. The molecule has 0 rings (SSSR count). The van der Waals surface area contributed by atoms with E-state index in [9.17, 15) is 0 Å². The molecule has 1 atom stereocenters. The van der Waals surface area contributed by atoms with E-state index >= 15 is 0 Å². The lowest BCUT2D eigenvalue weighted by atomic mass is 10.2. The van der Waals surface area contributed by atoms with Gasteiger partial charge in [0, 0.05) is 6.42 Å². The number of allylic oxidation sites excluding steroid dienone is 1. The monoisotopic (exact) mass is 146 g/mol. The van der Waals surface area contributed by atoms with Gasteiger partial charge in [0.05, 0.1) is 18.5 Å². The average Bonchev–Trinajstić information content (AvgIpc) is 1.87. The summed E-state index contributed by atoms with van der Waals surface area (Å²) in [5, 5.41) is 26.3. The van der Waals surface area contributed by atoms with Crippen LogP contribution in [-0.2, 0) is 0 Å². The SMILES string of the molecule is CC(C)=C(O)C[C@@H](O)CO. The highest BCUT2D eigenvalue weighted by Gasteiger charge is 2.05. The molecule has 3 heteroatoms. The summed E-state index contributed by atoms with van der Waals surface area (Å²) in [6, 6.07) is 0. The summed E-state index contributed by atoms with van der Waals surface area (Å²) in [4.78, 5) is 0. The quantitative estimate of drug-likeness (QED) is 0.510. The van der Waals surface area contributed by atoms with E-state index in [1.165, 1.54) is 0 Å². The maximum absolute atomic E-state index is 9.04. The van der Waals surface area contributed by atoms with Gasteiger partial charge in [-0.2, -0.15) is 0 Å². The lowest BCUT2D eigenvalue weighted by Gasteiger charge is -2.06. The maximum atomic E-state index is 9.04. The fraction of sp³-hybridized carbons (Fsp3) is 0.714. The second-order valence-electron chi connectivity index (χ2n) is 2.49. The first-order chi connectivity index (χ1) is 4.57. The molecule has 0 radical (unpaired) electrons. The van der Waals surface area contributed by atoms with Crippen molar-refractivity contribution in [3.8, 4) is 0 Å². The first-order valence-electron chi connectivity index (χ1n) is 3.22.